The zero-order valence-corrected chi connectivity index (χ0v) is 24.8. The first-order chi connectivity index (χ1) is 18.0. The van der Waals surface area contributed by atoms with Crippen LogP contribution in [0.5, 0.6) is 5.75 Å². The maximum Gasteiger partial charge on any atom is 0.306 e. The van der Waals surface area contributed by atoms with Crippen molar-refractivity contribution in [3.05, 3.63) is 29.3 Å². The van der Waals surface area contributed by atoms with E-state index in [9.17, 15) is 14.4 Å². The molecule has 38 heavy (non-hydrogen) atoms. The largest absolute Gasteiger partial charge is 0.493 e. The monoisotopic (exact) mass is 530 g/mol. The molecule has 1 aliphatic rings. The number of hydrogen-bond acceptors (Lipinski definition) is 5. The summed E-state index contributed by atoms with van der Waals surface area (Å²) < 4.78 is 11.1. The Bertz CT molecular complexity index is 940. The van der Waals surface area contributed by atoms with Crippen molar-refractivity contribution in [2.24, 2.45) is 0 Å². The van der Waals surface area contributed by atoms with Gasteiger partial charge in [0.15, 0.2) is 0 Å². The standard InChI is InChI=1S/C31H50N2O5/c1-8-30(4,5)23-15-16-26(24(22-23)31(6,7)9-2)38-21-12-11-19-32-29(36)25-14-13-20-33(25)27(34)17-18-28(35)37-10-3/h15-16,22,25H,8-14,17-21H2,1-7H3,(H,32,36). The number of nitrogens with zero attached hydrogens (tertiary/aromatic N) is 1. The van der Waals surface area contributed by atoms with Crippen molar-refractivity contribution in [1.82, 2.24) is 10.2 Å². The lowest BCUT2D eigenvalue weighted by molar-refractivity contribution is -0.146. The number of rotatable bonds is 15. The van der Waals surface area contributed by atoms with Crippen molar-refractivity contribution in [1.29, 1.82) is 0 Å². The van der Waals surface area contributed by atoms with Crippen LogP contribution in [0.25, 0.3) is 0 Å². The first-order valence-corrected chi connectivity index (χ1v) is 14.5. The Morgan fingerprint density at radius 1 is 1.00 bits per heavy atom. The SMILES string of the molecule is CCOC(=O)CCC(=O)N1CCCC1C(=O)NCCCCOc1ccc(C(C)(C)CC)cc1C(C)(C)CC. The van der Waals surface area contributed by atoms with Crippen LogP contribution in [0.1, 0.15) is 111 Å². The molecule has 0 spiro atoms. The predicted molar refractivity (Wildman–Crippen MR) is 151 cm³/mol. The lowest BCUT2D eigenvalue weighted by atomic mass is 9.76. The molecule has 1 unspecified atom stereocenters. The molecule has 0 aromatic heterocycles. The van der Waals surface area contributed by atoms with E-state index in [1.54, 1.807) is 11.8 Å². The van der Waals surface area contributed by atoms with Crippen molar-refractivity contribution in [3.63, 3.8) is 0 Å². The van der Waals surface area contributed by atoms with E-state index >= 15 is 0 Å². The number of ether oxygens (including phenoxy) is 2. The van der Waals surface area contributed by atoms with E-state index in [0.717, 1.165) is 37.9 Å². The van der Waals surface area contributed by atoms with Crippen molar-refractivity contribution in [2.45, 2.75) is 117 Å². The highest BCUT2D eigenvalue weighted by Gasteiger charge is 2.33. The maximum absolute atomic E-state index is 12.8. The summed E-state index contributed by atoms with van der Waals surface area (Å²) >= 11 is 0. The average molecular weight is 531 g/mol. The van der Waals surface area contributed by atoms with Gasteiger partial charge in [-0.3, -0.25) is 14.4 Å². The van der Waals surface area contributed by atoms with E-state index in [0.29, 0.717) is 32.7 Å². The molecule has 2 rings (SSSR count). The zero-order chi connectivity index (χ0) is 28.3. The summed E-state index contributed by atoms with van der Waals surface area (Å²) in [5.41, 5.74) is 2.73. The molecule has 7 heteroatoms. The molecule has 1 atom stereocenters. The summed E-state index contributed by atoms with van der Waals surface area (Å²) in [5.74, 6) is 0.283. The van der Waals surface area contributed by atoms with Crippen LogP contribution in [0.2, 0.25) is 0 Å². The fourth-order valence-electron chi connectivity index (χ4n) is 4.66. The second kappa shape index (κ2) is 14.5. The lowest BCUT2D eigenvalue weighted by Gasteiger charge is -2.30. The number of benzene rings is 1. The van der Waals surface area contributed by atoms with E-state index < -0.39 is 6.04 Å². The van der Waals surface area contributed by atoms with Crippen LogP contribution >= 0.6 is 0 Å². The van der Waals surface area contributed by atoms with Crippen molar-refractivity contribution >= 4 is 17.8 Å². The first-order valence-electron chi connectivity index (χ1n) is 14.5. The van der Waals surface area contributed by atoms with E-state index in [1.807, 2.05) is 0 Å². The van der Waals surface area contributed by atoms with Crippen molar-refractivity contribution in [2.75, 3.05) is 26.3 Å². The molecule has 1 saturated heterocycles. The Kier molecular flexibility index (Phi) is 12.1. The molecule has 0 radical (unpaired) electrons. The quantitative estimate of drug-likeness (QED) is 0.233. The Morgan fingerprint density at radius 3 is 2.37 bits per heavy atom. The van der Waals surface area contributed by atoms with Crippen LogP contribution in [0.3, 0.4) is 0 Å². The van der Waals surface area contributed by atoms with Crippen molar-refractivity contribution in [3.8, 4) is 5.75 Å². The molecule has 0 aliphatic carbocycles. The predicted octanol–water partition coefficient (Wildman–Crippen LogP) is 5.67. The van der Waals surface area contributed by atoms with Crippen LogP contribution in [-0.2, 0) is 30.0 Å². The molecule has 1 aromatic carbocycles. The van der Waals surface area contributed by atoms with Gasteiger partial charge in [0.2, 0.25) is 11.8 Å². The highest BCUT2D eigenvalue weighted by atomic mass is 16.5. The maximum atomic E-state index is 12.8. The van der Waals surface area contributed by atoms with Gasteiger partial charge in [-0.15, -0.1) is 0 Å². The normalized spacial score (nSPS) is 15.9. The molecule has 0 bridgehead atoms. The van der Waals surface area contributed by atoms with E-state index in [-0.39, 0.29) is 41.5 Å². The van der Waals surface area contributed by atoms with E-state index in [2.05, 4.69) is 65.1 Å². The molecule has 1 heterocycles. The summed E-state index contributed by atoms with van der Waals surface area (Å²) in [5, 5.41) is 2.99. The summed E-state index contributed by atoms with van der Waals surface area (Å²) in [6.45, 7) is 17.2. The van der Waals surface area contributed by atoms with Crippen LogP contribution in [0, 0.1) is 0 Å². The van der Waals surface area contributed by atoms with Gasteiger partial charge >= 0.3 is 5.97 Å². The number of unbranched alkanes of at least 4 members (excludes halogenated alkanes) is 1. The summed E-state index contributed by atoms with van der Waals surface area (Å²) in [6, 6.07) is 6.18. The Labute approximate surface area is 230 Å². The summed E-state index contributed by atoms with van der Waals surface area (Å²) in [6.07, 6.45) is 5.29. The van der Waals surface area contributed by atoms with Gasteiger partial charge in [-0.1, -0.05) is 53.7 Å². The number of nitrogens with one attached hydrogen (secondary N) is 1. The van der Waals surface area contributed by atoms with Gasteiger partial charge in [-0.2, -0.15) is 0 Å². The number of carbonyl (C=O) groups is 3. The molecule has 0 saturated carbocycles. The number of amides is 2. The first kappa shape index (κ1) is 31.6. The Hall–Kier alpha value is -2.57. The Balaban J connectivity index is 1.83. The number of likely N-dealkylation sites (tertiary alicyclic amines) is 1. The van der Waals surface area contributed by atoms with Crippen LogP contribution in [0.15, 0.2) is 18.2 Å². The average Bonchev–Trinajstić information content (AvgIpc) is 3.39. The minimum atomic E-state index is -0.453. The third kappa shape index (κ3) is 8.74. The van der Waals surface area contributed by atoms with Crippen molar-refractivity contribution < 1.29 is 23.9 Å². The van der Waals surface area contributed by atoms with Gasteiger partial charge < -0.3 is 19.7 Å². The van der Waals surface area contributed by atoms with Gasteiger partial charge in [0, 0.05) is 25.1 Å². The smallest absolute Gasteiger partial charge is 0.306 e. The molecule has 2 amide bonds. The molecule has 1 fully saturated rings. The second-order valence-corrected chi connectivity index (χ2v) is 11.6. The van der Waals surface area contributed by atoms with Crippen LogP contribution < -0.4 is 10.1 Å². The third-order valence-electron chi connectivity index (χ3n) is 8.11. The highest BCUT2D eigenvalue weighted by molar-refractivity contribution is 5.89. The minimum Gasteiger partial charge on any atom is -0.493 e. The van der Waals surface area contributed by atoms with Gasteiger partial charge in [0.05, 0.1) is 19.6 Å². The van der Waals surface area contributed by atoms with Crippen LogP contribution in [-0.4, -0.2) is 55.0 Å². The second-order valence-electron chi connectivity index (χ2n) is 11.6. The zero-order valence-electron chi connectivity index (χ0n) is 24.8. The fourth-order valence-corrected chi connectivity index (χ4v) is 4.66. The molecule has 1 aromatic rings. The summed E-state index contributed by atoms with van der Waals surface area (Å²) in [4.78, 5) is 38.5. The van der Waals surface area contributed by atoms with Gasteiger partial charge in [-0.05, 0) is 67.9 Å². The molecule has 1 N–H and O–H groups in total. The van der Waals surface area contributed by atoms with E-state index in [1.165, 1.54) is 11.1 Å². The van der Waals surface area contributed by atoms with Gasteiger partial charge in [0.25, 0.3) is 0 Å². The highest BCUT2D eigenvalue weighted by Crippen LogP contribution is 2.38. The molecular formula is C31H50N2O5. The summed E-state index contributed by atoms with van der Waals surface area (Å²) in [7, 11) is 0. The van der Waals surface area contributed by atoms with Gasteiger partial charge in [0.1, 0.15) is 11.8 Å². The van der Waals surface area contributed by atoms with E-state index in [4.69, 9.17) is 9.47 Å². The number of carbonyl (C=O) groups excluding carboxylic acids is 3. The number of esters is 1. The topological polar surface area (TPSA) is 84.9 Å². The minimum absolute atomic E-state index is 0.0179. The van der Waals surface area contributed by atoms with Gasteiger partial charge in [-0.25, -0.2) is 0 Å². The molecule has 214 valence electrons. The fraction of sp³-hybridized carbons (Fsp3) is 0.710. The molecule has 1 aliphatic heterocycles. The van der Waals surface area contributed by atoms with Crippen LogP contribution in [0.4, 0.5) is 0 Å². The molecule has 7 nitrogen and oxygen atoms in total. The molecular weight excluding hydrogens is 480 g/mol. The number of hydrogen-bond donors (Lipinski definition) is 1. The third-order valence-corrected chi connectivity index (χ3v) is 8.11. The Morgan fingerprint density at radius 2 is 1.71 bits per heavy atom. The lowest BCUT2D eigenvalue weighted by Crippen LogP contribution is -2.46.